The predicted octanol–water partition coefficient (Wildman–Crippen LogP) is 4.23. The lowest BCUT2D eigenvalue weighted by Crippen LogP contribution is -2.27. The van der Waals surface area contributed by atoms with Gasteiger partial charge in [0.05, 0.1) is 26.4 Å². The van der Waals surface area contributed by atoms with E-state index in [-0.39, 0.29) is 5.91 Å². The van der Waals surface area contributed by atoms with Gasteiger partial charge in [0.1, 0.15) is 0 Å². The number of hydrogen-bond donors (Lipinski definition) is 5. The van der Waals surface area contributed by atoms with Crippen LogP contribution in [0.25, 0.3) is 0 Å². The van der Waals surface area contributed by atoms with Gasteiger partial charge in [-0.05, 0) is 54.9 Å². The first-order chi connectivity index (χ1) is 21.1. The van der Waals surface area contributed by atoms with Crippen LogP contribution in [0.5, 0.6) is 0 Å². The van der Waals surface area contributed by atoms with E-state index in [4.69, 9.17) is 15.2 Å². The van der Waals surface area contributed by atoms with Gasteiger partial charge in [-0.25, -0.2) is 0 Å². The number of aromatic nitrogens is 3. The van der Waals surface area contributed by atoms with Crippen molar-refractivity contribution in [3.8, 4) is 0 Å². The molecule has 11 heteroatoms. The zero-order chi connectivity index (χ0) is 30.1. The molecule has 0 aliphatic heterocycles. The summed E-state index contributed by atoms with van der Waals surface area (Å²) >= 11 is 0. The highest BCUT2D eigenvalue weighted by atomic mass is 16.5. The van der Waals surface area contributed by atoms with Crippen LogP contribution in [0, 0.1) is 11.8 Å². The van der Waals surface area contributed by atoms with E-state index in [9.17, 15) is 4.79 Å². The van der Waals surface area contributed by atoms with E-state index in [1.165, 1.54) is 31.2 Å². The smallest absolute Gasteiger partial charge is 0.251 e. The average molecular weight is 591 g/mol. The number of amides is 1. The molecule has 0 atom stereocenters. The molecule has 0 radical (unpaired) electrons. The molecule has 1 aliphatic rings. The monoisotopic (exact) mass is 590 g/mol. The molecule has 1 saturated carbocycles. The second kappa shape index (κ2) is 18.0. The Labute approximate surface area is 254 Å². The molecule has 0 bridgehead atoms. The highest BCUT2D eigenvalue weighted by Crippen LogP contribution is 2.28. The molecule has 6 N–H and O–H groups in total. The van der Waals surface area contributed by atoms with Crippen LogP contribution in [0.15, 0.2) is 54.6 Å². The summed E-state index contributed by atoms with van der Waals surface area (Å²) in [5.74, 6) is 2.66. The molecule has 232 valence electrons. The highest BCUT2D eigenvalue weighted by molar-refractivity contribution is 5.95. The zero-order valence-corrected chi connectivity index (χ0v) is 25.2. The molecule has 1 amide bonds. The number of rotatable bonds is 18. The average Bonchev–Trinajstić information content (AvgIpc) is 3.02. The zero-order valence-electron chi connectivity index (χ0n) is 25.2. The number of ether oxygens (including phenoxy) is 2. The van der Waals surface area contributed by atoms with Gasteiger partial charge < -0.3 is 36.5 Å². The number of nitrogens with two attached hydrogens (primary N) is 1. The van der Waals surface area contributed by atoms with Gasteiger partial charge in [0.25, 0.3) is 5.91 Å². The molecule has 1 aliphatic carbocycles. The van der Waals surface area contributed by atoms with Gasteiger partial charge in [-0.1, -0.05) is 56.2 Å². The Kier molecular flexibility index (Phi) is 13.4. The van der Waals surface area contributed by atoms with Gasteiger partial charge in [-0.15, -0.1) is 0 Å². The van der Waals surface area contributed by atoms with Crippen LogP contribution in [-0.2, 0) is 15.9 Å². The summed E-state index contributed by atoms with van der Waals surface area (Å²) in [5.41, 5.74) is 7.86. The Morgan fingerprint density at radius 2 is 1.56 bits per heavy atom. The SMILES string of the molecule is CC1CCC(CNc2nc(NCCc3ccccc3)nc(Nc3cccc(C(=O)NCCOCCOCCN)c3)n2)CC1. The van der Waals surface area contributed by atoms with Crippen molar-refractivity contribution in [2.75, 3.05) is 68.6 Å². The Morgan fingerprint density at radius 1 is 0.837 bits per heavy atom. The molecule has 1 aromatic heterocycles. The van der Waals surface area contributed by atoms with E-state index in [1.807, 2.05) is 30.3 Å². The number of nitrogens with zero attached hydrogens (tertiary/aromatic N) is 3. The van der Waals surface area contributed by atoms with Gasteiger partial charge in [0, 0.05) is 37.4 Å². The third kappa shape index (κ3) is 11.8. The fourth-order valence-electron chi connectivity index (χ4n) is 4.93. The maximum atomic E-state index is 12.7. The minimum Gasteiger partial charge on any atom is -0.378 e. The first-order valence-electron chi connectivity index (χ1n) is 15.4. The maximum Gasteiger partial charge on any atom is 0.251 e. The van der Waals surface area contributed by atoms with Crippen LogP contribution >= 0.6 is 0 Å². The molecule has 4 rings (SSSR count). The number of carbonyl (C=O) groups excluding carboxylic acids is 1. The van der Waals surface area contributed by atoms with Crippen molar-refractivity contribution in [3.05, 3.63) is 65.7 Å². The lowest BCUT2D eigenvalue weighted by Gasteiger charge is -2.26. The van der Waals surface area contributed by atoms with Crippen LogP contribution in [0.2, 0.25) is 0 Å². The van der Waals surface area contributed by atoms with Crippen molar-refractivity contribution in [2.45, 2.75) is 39.0 Å². The van der Waals surface area contributed by atoms with Crippen LogP contribution in [-0.4, -0.2) is 73.5 Å². The van der Waals surface area contributed by atoms with Crippen LogP contribution in [0.3, 0.4) is 0 Å². The van der Waals surface area contributed by atoms with Crippen molar-refractivity contribution in [2.24, 2.45) is 17.6 Å². The van der Waals surface area contributed by atoms with Crippen molar-refractivity contribution in [1.29, 1.82) is 0 Å². The van der Waals surface area contributed by atoms with Crippen LogP contribution in [0.1, 0.15) is 48.5 Å². The lowest BCUT2D eigenvalue weighted by molar-refractivity contribution is 0.0511. The topological polar surface area (TPSA) is 148 Å². The third-order valence-electron chi connectivity index (χ3n) is 7.41. The highest BCUT2D eigenvalue weighted by Gasteiger charge is 2.18. The molecule has 0 unspecified atom stereocenters. The Hall–Kier alpha value is -3.80. The summed E-state index contributed by atoms with van der Waals surface area (Å²) in [6.45, 7) is 6.59. The summed E-state index contributed by atoms with van der Waals surface area (Å²) in [6.07, 6.45) is 5.82. The molecule has 0 saturated heterocycles. The molecule has 2 aromatic carbocycles. The van der Waals surface area contributed by atoms with Crippen molar-refractivity contribution < 1.29 is 14.3 Å². The number of anilines is 4. The van der Waals surface area contributed by atoms with Crippen molar-refractivity contribution in [1.82, 2.24) is 20.3 Å². The molecule has 3 aromatic rings. The second-order valence-electron chi connectivity index (χ2n) is 11.0. The third-order valence-corrected chi connectivity index (χ3v) is 7.41. The number of hydrogen-bond acceptors (Lipinski definition) is 10. The van der Waals surface area contributed by atoms with E-state index < -0.39 is 0 Å². The van der Waals surface area contributed by atoms with E-state index in [0.717, 1.165) is 18.9 Å². The van der Waals surface area contributed by atoms with E-state index in [1.54, 1.807) is 12.1 Å². The van der Waals surface area contributed by atoms with Crippen molar-refractivity contribution >= 4 is 29.4 Å². The molecular weight excluding hydrogens is 544 g/mol. The maximum absolute atomic E-state index is 12.7. The molecular formula is C32H46N8O3. The van der Waals surface area contributed by atoms with E-state index in [2.05, 4.69) is 55.3 Å². The van der Waals surface area contributed by atoms with Gasteiger partial charge in [0.2, 0.25) is 17.8 Å². The summed E-state index contributed by atoms with van der Waals surface area (Å²) < 4.78 is 10.8. The van der Waals surface area contributed by atoms with E-state index in [0.29, 0.717) is 81.1 Å². The predicted molar refractivity (Wildman–Crippen MR) is 171 cm³/mol. The van der Waals surface area contributed by atoms with Gasteiger partial charge in [-0.2, -0.15) is 15.0 Å². The Balaban J connectivity index is 1.35. The van der Waals surface area contributed by atoms with Crippen LogP contribution < -0.4 is 27.0 Å². The summed E-state index contributed by atoms with van der Waals surface area (Å²) in [5, 5.41) is 12.9. The van der Waals surface area contributed by atoms with Gasteiger partial charge in [-0.3, -0.25) is 4.79 Å². The Bertz CT molecular complexity index is 1240. The summed E-state index contributed by atoms with van der Waals surface area (Å²) in [4.78, 5) is 26.6. The minimum absolute atomic E-state index is 0.185. The molecule has 1 heterocycles. The molecule has 11 nitrogen and oxygen atoms in total. The standard InChI is InChI=1S/C32H46N8O3/c1-24-10-12-26(13-11-24)23-36-31-38-30(35-16-14-25-6-3-2-4-7-25)39-32(40-31)37-28-9-5-8-27(22-28)29(41)34-17-19-43-21-20-42-18-15-33/h2-9,22,24,26H,10-21,23,33H2,1H3,(H,34,41)(H3,35,36,37,38,39,40). The number of nitrogens with one attached hydrogen (secondary N) is 4. The Morgan fingerprint density at radius 3 is 2.33 bits per heavy atom. The fourth-order valence-corrected chi connectivity index (χ4v) is 4.93. The second-order valence-corrected chi connectivity index (χ2v) is 11.0. The van der Waals surface area contributed by atoms with Crippen LogP contribution in [0.4, 0.5) is 23.5 Å². The fraction of sp³-hybridized carbons (Fsp3) is 0.500. The first-order valence-corrected chi connectivity index (χ1v) is 15.4. The first kappa shape index (κ1) is 32.1. The molecule has 1 fully saturated rings. The molecule has 0 spiro atoms. The van der Waals surface area contributed by atoms with Crippen molar-refractivity contribution in [3.63, 3.8) is 0 Å². The normalized spacial score (nSPS) is 16.4. The largest absolute Gasteiger partial charge is 0.378 e. The number of carbonyl (C=O) groups is 1. The lowest BCUT2D eigenvalue weighted by atomic mass is 9.83. The quantitative estimate of drug-likeness (QED) is 0.136. The van der Waals surface area contributed by atoms with E-state index >= 15 is 0 Å². The minimum atomic E-state index is -0.185. The summed E-state index contributed by atoms with van der Waals surface area (Å²) in [6, 6.07) is 17.6. The molecule has 43 heavy (non-hydrogen) atoms. The van der Waals surface area contributed by atoms with Gasteiger partial charge in [0.15, 0.2) is 0 Å². The van der Waals surface area contributed by atoms with Gasteiger partial charge >= 0.3 is 0 Å². The number of benzene rings is 2. The summed E-state index contributed by atoms with van der Waals surface area (Å²) in [7, 11) is 0.